The molecule has 1 N–H and O–H groups in total. The second kappa shape index (κ2) is 5.51. The summed E-state index contributed by atoms with van der Waals surface area (Å²) in [6, 6.07) is 6.28. The van der Waals surface area contributed by atoms with Gasteiger partial charge in [0.25, 0.3) is 11.6 Å². The molecular weight excluding hydrogens is 274 g/mol. The van der Waals surface area contributed by atoms with Crippen molar-refractivity contribution in [3.8, 4) is 0 Å². The number of oxime groups is 1. The zero-order valence-electron chi connectivity index (χ0n) is 12.1. The van der Waals surface area contributed by atoms with Crippen LogP contribution in [0.3, 0.4) is 0 Å². The summed E-state index contributed by atoms with van der Waals surface area (Å²) in [5, 5.41) is 17.6. The van der Waals surface area contributed by atoms with Gasteiger partial charge in [-0.3, -0.25) is 14.9 Å². The van der Waals surface area contributed by atoms with Crippen LogP contribution < -0.4 is 5.32 Å². The van der Waals surface area contributed by atoms with Crippen molar-refractivity contribution in [1.82, 2.24) is 5.32 Å². The van der Waals surface area contributed by atoms with E-state index < -0.39 is 11.0 Å². The number of hydrogen-bond acceptors (Lipinski definition) is 5. The summed E-state index contributed by atoms with van der Waals surface area (Å²) < 4.78 is 0. The highest BCUT2D eigenvalue weighted by Crippen LogP contribution is 2.24. The fourth-order valence-corrected chi connectivity index (χ4v) is 2.00. The number of amides is 1. The Labute approximate surface area is 122 Å². The summed E-state index contributed by atoms with van der Waals surface area (Å²) in [7, 11) is 0. The predicted molar refractivity (Wildman–Crippen MR) is 77.0 cm³/mol. The number of nitrogens with one attached hydrogen (secondary N) is 1. The Kier molecular flexibility index (Phi) is 3.93. The normalized spacial score (nSPS) is 17.9. The molecule has 1 aliphatic heterocycles. The van der Waals surface area contributed by atoms with Crippen molar-refractivity contribution in [3.63, 3.8) is 0 Å². The molecule has 0 aliphatic carbocycles. The van der Waals surface area contributed by atoms with Gasteiger partial charge < -0.3 is 10.2 Å². The molecule has 112 valence electrons. The number of nitrogens with zero attached hydrogens (tertiary/aromatic N) is 2. The van der Waals surface area contributed by atoms with E-state index in [0.29, 0.717) is 11.3 Å². The highest BCUT2D eigenvalue weighted by atomic mass is 16.6. The monoisotopic (exact) mass is 291 g/mol. The smallest absolute Gasteiger partial charge is 0.278 e. The molecule has 0 aromatic heterocycles. The van der Waals surface area contributed by atoms with Crippen molar-refractivity contribution in [2.45, 2.75) is 38.8 Å². The fraction of sp³-hybridized carbons (Fsp3) is 0.429. The highest BCUT2D eigenvalue weighted by molar-refractivity contribution is 6.06. The lowest BCUT2D eigenvalue weighted by Crippen LogP contribution is -2.45. The molecule has 1 amide bonds. The van der Waals surface area contributed by atoms with Crippen LogP contribution in [0, 0.1) is 10.1 Å². The number of nitro groups is 1. The van der Waals surface area contributed by atoms with Gasteiger partial charge in [0.1, 0.15) is 0 Å². The molecular formula is C14H17N3O4. The lowest BCUT2D eigenvalue weighted by Gasteiger charge is -2.22. The summed E-state index contributed by atoms with van der Waals surface area (Å²) in [6.07, 6.45) is -0.536. The summed E-state index contributed by atoms with van der Waals surface area (Å²) in [5.74, 6) is -0.278. The van der Waals surface area contributed by atoms with Gasteiger partial charge in [-0.1, -0.05) is 17.3 Å². The Morgan fingerprint density at radius 3 is 2.71 bits per heavy atom. The van der Waals surface area contributed by atoms with E-state index in [1.165, 1.54) is 6.07 Å². The molecule has 21 heavy (non-hydrogen) atoms. The van der Waals surface area contributed by atoms with Crippen LogP contribution in [0.2, 0.25) is 0 Å². The highest BCUT2D eigenvalue weighted by Gasteiger charge is 2.33. The topological polar surface area (TPSA) is 93.8 Å². The first kappa shape index (κ1) is 15.0. The molecule has 0 spiro atoms. The quantitative estimate of drug-likeness (QED) is 0.680. The first-order chi connectivity index (χ1) is 9.78. The minimum absolute atomic E-state index is 0.0447. The molecule has 1 aromatic carbocycles. The van der Waals surface area contributed by atoms with Crippen molar-refractivity contribution < 1.29 is 14.6 Å². The van der Waals surface area contributed by atoms with Crippen molar-refractivity contribution in [2.24, 2.45) is 5.16 Å². The third kappa shape index (κ3) is 3.56. The molecule has 1 aliphatic rings. The Bertz CT molecular complexity index is 604. The number of para-hydroxylation sites is 1. The molecule has 1 heterocycles. The van der Waals surface area contributed by atoms with Gasteiger partial charge in [0, 0.05) is 18.0 Å². The second-order valence-electron chi connectivity index (χ2n) is 5.85. The molecule has 0 saturated heterocycles. The first-order valence-electron chi connectivity index (χ1n) is 6.56. The van der Waals surface area contributed by atoms with Crippen molar-refractivity contribution in [1.29, 1.82) is 0 Å². The average molecular weight is 291 g/mol. The fourth-order valence-electron chi connectivity index (χ4n) is 2.00. The van der Waals surface area contributed by atoms with E-state index in [1.807, 2.05) is 20.8 Å². The van der Waals surface area contributed by atoms with Crippen molar-refractivity contribution >= 4 is 17.3 Å². The van der Waals surface area contributed by atoms with Gasteiger partial charge in [0.2, 0.25) is 6.10 Å². The van der Waals surface area contributed by atoms with Crippen LogP contribution in [0.5, 0.6) is 0 Å². The number of benzene rings is 1. The molecule has 0 saturated carbocycles. The number of carbonyl (C=O) groups is 1. The van der Waals surface area contributed by atoms with Crippen LogP contribution in [0.25, 0.3) is 0 Å². The standard InChI is InChI=1S/C14H17N3O4/c1-14(2,3)15-13(18)12-8-10(16-21-12)9-6-4-5-7-11(9)17(19)20/h4-7,12H,8H2,1-3H3,(H,15,18)/t12-/m1/s1. The molecule has 1 atom stereocenters. The predicted octanol–water partition coefficient (Wildman–Crippen LogP) is 2.00. The maximum atomic E-state index is 12.0. The van der Waals surface area contributed by atoms with Crippen LogP contribution in [0.1, 0.15) is 32.8 Å². The number of rotatable bonds is 3. The summed E-state index contributed by atoms with van der Waals surface area (Å²) >= 11 is 0. The van der Waals surface area contributed by atoms with Gasteiger partial charge in [-0.2, -0.15) is 0 Å². The van der Waals surface area contributed by atoms with Crippen molar-refractivity contribution in [2.75, 3.05) is 0 Å². The largest absolute Gasteiger partial charge is 0.382 e. The van der Waals surface area contributed by atoms with Crippen LogP contribution in [-0.2, 0) is 9.63 Å². The molecule has 0 radical (unpaired) electrons. The van der Waals surface area contributed by atoms with Gasteiger partial charge in [-0.05, 0) is 26.8 Å². The molecule has 1 aromatic rings. The molecule has 7 nitrogen and oxygen atoms in total. The van der Waals surface area contributed by atoms with Gasteiger partial charge in [-0.15, -0.1) is 0 Å². The minimum Gasteiger partial charge on any atom is -0.382 e. The van der Waals surface area contributed by atoms with Crippen LogP contribution in [0.4, 0.5) is 5.69 Å². The third-order valence-electron chi connectivity index (χ3n) is 2.87. The van der Waals surface area contributed by atoms with E-state index in [4.69, 9.17) is 4.84 Å². The van der Waals surface area contributed by atoms with Crippen LogP contribution in [-0.4, -0.2) is 28.2 Å². The Morgan fingerprint density at radius 1 is 1.43 bits per heavy atom. The number of nitro benzene ring substituents is 1. The number of hydrogen-bond donors (Lipinski definition) is 1. The van der Waals surface area contributed by atoms with E-state index in [9.17, 15) is 14.9 Å². The summed E-state index contributed by atoms with van der Waals surface area (Å²) in [4.78, 5) is 27.7. The van der Waals surface area contributed by atoms with Crippen LogP contribution >= 0.6 is 0 Å². The maximum Gasteiger partial charge on any atom is 0.278 e. The third-order valence-corrected chi connectivity index (χ3v) is 2.87. The zero-order chi connectivity index (χ0) is 15.6. The van der Waals surface area contributed by atoms with Crippen LogP contribution in [0.15, 0.2) is 29.4 Å². The summed E-state index contributed by atoms with van der Waals surface area (Å²) in [6.45, 7) is 5.59. The molecule has 0 unspecified atom stereocenters. The van der Waals surface area contributed by atoms with Gasteiger partial charge in [0.15, 0.2) is 0 Å². The van der Waals surface area contributed by atoms with E-state index >= 15 is 0 Å². The molecule has 7 heteroatoms. The lowest BCUT2D eigenvalue weighted by atomic mass is 10.0. The number of carbonyl (C=O) groups excluding carboxylic acids is 1. The molecule has 0 fully saturated rings. The van der Waals surface area contributed by atoms with Gasteiger partial charge >= 0.3 is 0 Å². The molecule has 0 bridgehead atoms. The first-order valence-corrected chi connectivity index (χ1v) is 6.56. The van der Waals surface area contributed by atoms with Gasteiger partial charge in [-0.25, -0.2) is 0 Å². The average Bonchev–Trinajstić information content (AvgIpc) is 2.86. The Balaban J connectivity index is 2.13. The summed E-state index contributed by atoms with van der Waals surface area (Å²) in [5.41, 5.74) is 0.378. The lowest BCUT2D eigenvalue weighted by molar-refractivity contribution is -0.385. The minimum atomic E-state index is -0.751. The second-order valence-corrected chi connectivity index (χ2v) is 5.85. The Morgan fingerprint density at radius 2 is 2.10 bits per heavy atom. The van der Waals surface area contributed by atoms with E-state index in [-0.39, 0.29) is 23.6 Å². The van der Waals surface area contributed by atoms with E-state index in [0.717, 1.165) is 0 Å². The SMILES string of the molecule is CC(C)(C)NC(=O)[C@H]1CC(c2ccccc2[N+](=O)[O-])=NO1. The maximum absolute atomic E-state index is 12.0. The van der Waals surface area contributed by atoms with Crippen molar-refractivity contribution in [3.05, 3.63) is 39.9 Å². The Hall–Kier alpha value is -2.44. The van der Waals surface area contributed by atoms with Gasteiger partial charge in [0.05, 0.1) is 16.2 Å². The molecule has 2 rings (SSSR count). The zero-order valence-corrected chi connectivity index (χ0v) is 12.1. The van der Waals surface area contributed by atoms with E-state index in [1.54, 1.807) is 18.2 Å². The van der Waals surface area contributed by atoms with E-state index in [2.05, 4.69) is 10.5 Å².